The summed E-state index contributed by atoms with van der Waals surface area (Å²) in [6, 6.07) is 2.47. The number of urea groups is 1. The highest BCUT2D eigenvalue weighted by Crippen LogP contribution is 2.33. The number of carbonyl (C=O) groups excluding carboxylic acids is 2. The van der Waals surface area contributed by atoms with Crippen molar-refractivity contribution in [2.24, 2.45) is 5.92 Å². The van der Waals surface area contributed by atoms with Crippen LogP contribution in [0.5, 0.6) is 0 Å². The molecule has 1 saturated carbocycles. The molecule has 1 aromatic carbocycles. The molecule has 194 valence electrons. The van der Waals surface area contributed by atoms with Gasteiger partial charge in [-0.25, -0.2) is 18.4 Å². The molecule has 7 nitrogen and oxygen atoms in total. The number of carbonyl (C=O) groups is 2. The number of benzene rings is 1. The highest BCUT2D eigenvalue weighted by Gasteiger charge is 2.40. The summed E-state index contributed by atoms with van der Waals surface area (Å²) in [7, 11) is 0. The van der Waals surface area contributed by atoms with Gasteiger partial charge >= 0.3 is 12.1 Å². The standard InChI is InChI=1S/C25H34BrF2N3O4/c1-15-21(26)22(32)31(24(34)30(15)13-17-18(27)11-8-12-19(17)28)14-20(16-9-6-5-7-10-16)29-23(33)35-25(2,3)4/h8,11-12,16,20,22,32H,5-7,9-10,13-14H2,1-4H3,(H,29,33)/t20-,22?/m0/s1. The average Bonchev–Trinajstić information content (AvgIpc) is 2.78. The molecule has 1 unspecified atom stereocenters. The third kappa shape index (κ3) is 6.73. The van der Waals surface area contributed by atoms with E-state index in [4.69, 9.17) is 4.74 Å². The van der Waals surface area contributed by atoms with Crippen LogP contribution in [0, 0.1) is 17.6 Å². The van der Waals surface area contributed by atoms with Crippen molar-refractivity contribution in [2.75, 3.05) is 6.54 Å². The maximum Gasteiger partial charge on any atom is 0.407 e. The second kappa shape index (κ2) is 11.2. The normalized spacial score (nSPS) is 20.8. The van der Waals surface area contributed by atoms with E-state index in [0.717, 1.165) is 44.2 Å². The Labute approximate surface area is 213 Å². The fraction of sp³-hybridized carbons (Fsp3) is 0.600. The van der Waals surface area contributed by atoms with E-state index in [1.807, 2.05) is 0 Å². The van der Waals surface area contributed by atoms with Gasteiger partial charge in [0.15, 0.2) is 6.23 Å². The summed E-state index contributed by atoms with van der Waals surface area (Å²) < 4.78 is 34.4. The van der Waals surface area contributed by atoms with Gasteiger partial charge in [-0.2, -0.15) is 0 Å². The largest absolute Gasteiger partial charge is 0.444 e. The number of hydrogen-bond donors (Lipinski definition) is 2. The summed E-state index contributed by atoms with van der Waals surface area (Å²) in [5.74, 6) is -1.42. The Hall–Kier alpha value is -2.20. The summed E-state index contributed by atoms with van der Waals surface area (Å²) in [4.78, 5) is 28.5. The second-order valence-electron chi connectivity index (χ2n) is 10.2. The predicted octanol–water partition coefficient (Wildman–Crippen LogP) is 5.62. The SMILES string of the molecule is CC1=C(Br)C(O)N(C[C@H](NC(=O)OC(C)(C)C)C2CCCCC2)C(=O)N1Cc1c(F)cccc1F. The zero-order chi connectivity index (χ0) is 25.9. The van der Waals surface area contributed by atoms with Gasteiger partial charge in [-0.3, -0.25) is 9.80 Å². The molecule has 10 heteroatoms. The van der Waals surface area contributed by atoms with Crippen LogP contribution in [0.25, 0.3) is 0 Å². The van der Waals surface area contributed by atoms with Crippen LogP contribution in [0.3, 0.4) is 0 Å². The van der Waals surface area contributed by atoms with Crippen molar-refractivity contribution in [1.29, 1.82) is 0 Å². The summed E-state index contributed by atoms with van der Waals surface area (Å²) in [6.07, 6.45) is 2.98. The Morgan fingerprint density at radius 2 is 1.83 bits per heavy atom. The molecule has 1 aliphatic heterocycles. The highest BCUT2D eigenvalue weighted by molar-refractivity contribution is 9.11. The van der Waals surface area contributed by atoms with E-state index in [1.165, 1.54) is 15.9 Å². The molecule has 2 aliphatic rings. The summed E-state index contributed by atoms with van der Waals surface area (Å²) >= 11 is 3.35. The Bertz CT molecular complexity index is 956. The van der Waals surface area contributed by atoms with Crippen LogP contribution in [0.1, 0.15) is 65.4 Å². The van der Waals surface area contributed by atoms with Gasteiger partial charge in [0.25, 0.3) is 0 Å². The van der Waals surface area contributed by atoms with Gasteiger partial charge in [0.1, 0.15) is 17.2 Å². The maximum atomic E-state index is 14.3. The first-order valence-electron chi connectivity index (χ1n) is 11.9. The van der Waals surface area contributed by atoms with E-state index < -0.39 is 41.6 Å². The van der Waals surface area contributed by atoms with Crippen molar-refractivity contribution in [3.63, 3.8) is 0 Å². The number of rotatable bonds is 6. The van der Waals surface area contributed by atoms with Crippen molar-refractivity contribution >= 4 is 28.1 Å². The molecule has 2 N–H and O–H groups in total. The van der Waals surface area contributed by atoms with E-state index in [2.05, 4.69) is 21.2 Å². The number of amides is 3. The van der Waals surface area contributed by atoms with Crippen molar-refractivity contribution in [1.82, 2.24) is 15.1 Å². The summed E-state index contributed by atoms with van der Waals surface area (Å²) in [5.41, 5.74) is -0.575. The first kappa shape index (κ1) is 27.4. The number of aliphatic hydroxyl groups excluding tert-OH is 1. The molecule has 3 amide bonds. The molecule has 35 heavy (non-hydrogen) atoms. The Morgan fingerprint density at radius 3 is 2.40 bits per heavy atom. The van der Waals surface area contributed by atoms with Gasteiger partial charge in [-0.05, 0) is 74.5 Å². The van der Waals surface area contributed by atoms with Crippen LogP contribution in [0.15, 0.2) is 28.4 Å². The maximum absolute atomic E-state index is 14.3. The van der Waals surface area contributed by atoms with Gasteiger partial charge in [-0.15, -0.1) is 0 Å². The summed E-state index contributed by atoms with van der Waals surface area (Å²) in [6.45, 7) is 6.58. The topological polar surface area (TPSA) is 82.1 Å². The third-order valence-corrected chi connectivity index (χ3v) is 7.42. The molecular weight excluding hydrogens is 524 g/mol. The number of nitrogens with one attached hydrogen (secondary N) is 1. The minimum Gasteiger partial charge on any atom is -0.444 e. The Balaban J connectivity index is 1.87. The molecule has 3 rings (SSSR count). The minimum atomic E-state index is -1.30. The molecule has 2 atom stereocenters. The van der Waals surface area contributed by atoms with E-state index in [0.29, 0.717) is 10.2 Å². The van der Waals surface area contributed by atoms with E-state index >= 15 is 0 Å². The predicted molar refractivity (Wildman–Crippen MR) is 131 cm³/mol. The van der Waals surface area contributed by atoms with Gasteiger partial charge in [0, 0.05) is 17.8 Å². The van der Waals surface area contributed by atoms with Crippen LogP contribution < -0.4 is 5.32 Å². The Kier molecular flexibility index (Phi) is 8.80. The molecule has 0 aromatic heterocycles. The lowest BCUT2D eigenvalue weighted by molar-refractivity contribution is 0.0198. The number of halogens is 3. The number of allylic oxidation sites excluding steroid dienone is 1. The molecular formula is C25H34BrF2N3O4. The number of aliphatic hydroxyl groups is 1. The Morgan fingerprint density at radius 1 is 1.23 bits per heavy atom. The van der Waals surface area contributed by atoms with Gasteiger partial charge in [0.05, 0.1) is 17.1 Å². The molecule has 1 aliphatic carbocycles. The molecule has 0 spiro atoms. The van der Waals surface area contributed by atoms with E-state index in [-0.39, 0.29) is 24.6 Å². The second-order valence-corrected chi connectivity index (χ2v) is 11.0. The summed E-state index contributed by atoms with van der Waals surface area (Å²) in [5, 5.41) is 13.8. The zero-order valence-corrected chi connectivity index (χ0v) is 22.2. The average molecular weight is 558 g/mol. The van der Waals surface area contributed by atoms with Crippen molar-refractivity contribution in [2.45, 2.75) is 84.2 Å². The smallest absolute Gasteiger partial charge is 0.407 e. The lowest BCUT2D eigenvalue weighted by atomic mass is 9.83. The molecule has 1 aromatic rings. The number of hydrogen-bond acceptors (Lipinski definition) is 4. The van der Waals surface area contributed by atoms with Gasteiger partial charge in [-0.1, -0.05) is 25.3 Å². The molecule has 0 bridgehead atoms. The fourth-order valence-corrected chi connectivity index (χ4v) is 5.04. The number of alkyl carbamates (subject to hydrolysis) is 1. The first-order chi connectivity index (χ1) is 16.4. The number of ether oxygens (including phenoxy) is 1. The molecule has 0 radical (unpaired) electrons. The van der Waals surface area contributed by atoms with Gasteiger partial charge in [0.2, 0.25) is 0 Å². The quantitative estimate of drug-likeness (QED) is 0.475. The molecule has 1 fully saturated rings. The van der Waals surface area contributed by atoms with Crippen molar-refractivity contribution in [3.05, 3.63) is 45.6 Å². The van der Waals surface area contributed by atoms with E-state index in [9.17, 15) is 23.5 Å². The van der Waals surface area contributed by atoms with Crippen molar-refractivity contribution in [3.8, 4) is 0 Å². The van der Waals surface area contributed by atoms with Gasteiger partial charge < -0.3 is 15.2 Å². The van der Waals surface area contributed by atoms with E-state index in [1.54, 1.807) is 27.7 Å². The fourth-order valence-electron chi connectivity index (χ4n) is 4.58. The van der Waals surface area contributed by atoms with Crippen LogP contribution in [0.2, 0.25) is 0 Å². The minimum absolute atomic E-state index is 0.0164. The molecule has 0 saturated heterocycles. The first-order valence-corrected chi connectivity index (χ1v) is 12.7. The van der Waals surface area contributed by atoms with Crippen LogP contribution >= 0.6 is 15.9 Å². The lowest BCUT2D eigenvalue weighted by Gasteiger charge is -2.42. The monoisotopic (exact) mass is 557 g/mol. The number of nitrogens with zero attached hydrogens (tertiary/aromatic N) is 2. The highest BCUT2D eigenvalue weighted by atomic mass is 79.9. The molecule has 1 heterocycles. The van der Waals surface area contributed by atoms with Crippen LogP contribution in [-0.2, 0) is 11.3 Å². The zero-order valence-electron chi connectivity index (χ0n) is 20.6. The van der Waals surface area contributed by atoms with Crippen LogP contribution in [0.4, 0.5) is 18.4 Å². The lowest BCUT2D eigenvalue weighted by Crippen LogP contribution is -2.58. The van der Waals surface area contributed by atoms with Crippen molar-refractivity contribution < 1.29 is 28.2 Å². The third-order valence-electron chi connectivity index (χ3n) is 6.44. The van der Waals surface area contributed by atoms with Crippen LogP contribution in [-0.4, -0.2) is 51.4 Å².